The van der Waals surface area contributed by atoms with Gasteiger partial charge in [-0.05, 0) is 29.8 Å². The Balaban J connectivity index is 1.84. The molecule has 2 aromatic rings. The molecule has 0 aliphatic heterocycles. The van der Waals surface area contributed by atoms with Crippen LogP contribution in [-0.4, -0.2) is 13.1 Å². The largest absolute Gasteiger partial charge is 0.497 e. The molecule has 0 amide bonds. The standard InChI is InChI=1S/C17H16O3/c1-19-15-10-12-16(13-11-15)20-17(18)9-5-8-14-6-3-2-4-7-14/h2-8,10-13H,9H2,1H3/b8-5+. The SMILES string of the molecule is COc1ccc(OC(=O)C/C=C/c2ccccc2)cc1. The minimum absolute atomic E-state index is 0.237. The van der Waals surface area contributed by atoms with Gasteiger partial charge < -0.3 is 9.47 Å². The monoisotopic (exact) mass is 268 g/mol. The van der Waals surface area contributed by atoms with E-state index in [1.54, 1.807) is 37.5 Å². The van der Waals surface area contributed by atoms with Gasteiger partial charge in [0, 0.05) is 0 Å². The summed E-state index contributed by atoms with van der Waals surface area (Å²) in [5, 5.41) is 0. The third-order valence-corrected chi connectivity index (χ3v) is 2.69. The fraction of sp³-hybridized carbons (Fsp3) is 0.118. The van der Waals surface area contributed by atoms with Crippen molar-refractivity contribution in [1.82, 2.24) is 0 Å². The van der Waals surface area contributed by atoms with Gasteiger partial charge in [-0.25, -0.2) is 0 Å². The molecule has 3 heteroatoms. The molecule has 0 saturated carbocycles. The molecule has 0 saturated heterocycles. The van der Waals surface area contributed by atoms with Gasteiger partial charge in [0.2, 0.25) is 0 Å². The van der Waals surface area contributed by atoms with E-state index in [1.165, 1.54) is 0 Å². The minimum atomic E-state index is -0.289. The number of methoxy groups -OCH3 is 1. The van der Waals surface area contributed by atoms with Crippen molar-refractivity contribution in [2.24, 2.45) is 0 Å². The highest BCUT2D eigenvalue weighted by Gasteiger charge is 2.02. The first-order chi connectivity index (χ1) is 9.78. The van der Waals surface area contributed by atoms with Crippen LogP contribution in [0.5, 0.6) is 11.5 Å². The molecule has 0 radical (unpaired) electrons. The second-order valence-electron chi connectivity index (χ2n) is 4.17. The number of hydrogen-bond donors (Lipinski definition) is 0. The lowest BCUT2D eigenvalue weighted by Gasteiger charge is -2.03. The number of rotatable bonds is 5. The van der Waals surface area contributed by atoms with E-state index >= 15 is 0 Å². The van der Waals surface area contributed by atoms with Crippen LogP contribution in [0, 0.1) is 0 Å². The zero-order valence-electron chi connectivity index (χ0n) is 11.3. The Bertz CT molecular complexity index is 571. The molecule has 0 aromatic heterocycles. The highest BCUT2D eigenvalue weighted by Crippen LogP contribution is 2.17. The number of hydrogen-bond acceptors (Lipinski definition) is 3. The second-order valence-corrected chi connectivity index (χ2v) is 4.17. The quantitative estimate of drug-likeness (QED) is 0.612. The topological polar surface area (TPSA) is 35.5 Å². The molecule has 0 spiro atoms. The van der Waals surface area contributed by atoms with Crippen molar-refractivity contribution >= 4 is 12.0 Å². The Kier molecular flexibility index (Phi) is 4.95. The fourth-order valence-electron chi connectivity index (χ4n) is 1.67. The number of carbonyl (C=O) groups excluding carboxylic acids is 1. The summed E-state index contributed by atoms with van der Waals surface area (Å²) in [5.74, 6) is 0.958. The van der Waals surface area contributed by atoms with Crippen LogP contribution in [0.2, 0.25) is 0 Å². The first kappa shape index (κ1) is 13.9. The van der Waals surface area contributed by atoms with Gasteiger partial charge in [0.25, 0.3) is 0 Å². The fourth-order valence-corrected chi connectivity index (χ4v) is 1.67. The third-order valence-electron chi connectivity index (χ3n) is 2.69. The van der Waals surface area contributed by atoms with Crippen LogP contribution in [0.4, 0.5) is 0 Å². The third kappa shape index (κ3) is 4.28. The van der Waals surface area contributed by atoms with Crippen LogP contribution in [0.25, 0.3) is 6.08 Å². The molecule has 0 N–H and O–H groups in total. The summed E-state index contributed by atoms with van der Waals surface area (Å²) in [7, 11) is 1.59. The zero-order valence-corrected chi connectivity index (χ0v) is 11.3. The Labute approximate surface area is 118 Å². The molecule has 2 aromatic carbocycles. The molecule has 20 heavy (non-hydrogen) atoms. The molecule has 3 nitrogen and oxygen atoms in total. The summed E-state index contributed by atoms with van der Waals surface area (Å²) in [5.41, 5.74) is 1.06. The molecular weight excluding hydrogens is 252 g/mol. The molecule has 102 valence electrons. The Morgan fingerprint density at radius 3 is 2.30 bits per heavy atom. The lowest BCUT2D eigenvalue weighted by atomic mass is 10.2. The summed E-state index contributed by atoms with van der Waals surface area (Å²) in [6, 6.07) is 16.7. The van der Waals surface area contributed by atoms with Gasteiger partial charge in [-0.15, -0.1) is 0 Å². The molecular formula is C17H16O3. The Hall–Kier alpha value is -2.55. The van der Waals surface area contributed by atoms with Gasteiger partial charge >= 0.3 is 5.97 Å². The Morgan fingerprint density at radius 2 is 1.65 bits per heavy atom. The summed E-state index contributed by atoms with van der Waals surface area (Å²) >= 11 is 0. The number of esters is 1. The number of ether oxygens (including phenoxy) is 2. The smallest absolute Gasteiger partial charge is 0.315 e. The van der Waals surface area contributed by atoms with Crippen LogP contribution in [0.1, 0.15) is 12.0 Å². The normalized spacial score (nSPS) is 10.4. The maximum Gasteiger partial charge on any atom is 0.315 e. The summed E-state index contributed by atoms with van der Waals surface area (Å²) in [4.78, 5) is 11.7. The lowest BCUT2D eigenvalue weighted by Crippen LogP contribution is -2.05. The van der Waals surface area contributed by atoms with Gasteiger partial charge in [-0.2, -0.15) is 0 Å². The van der Waals surface area contributed by atoms with E-state index in [4.69, 9.17) is 9.47 Å². The maximum absolute atomic E-state index is 11.7. The van der Waals surface area contributed by atoms with Crippen molar-refractivity contribution in [3.05, 3.63) is 66.2 Å². The predicted molar refractivity (Wildman–Crippen MR) is 78.7 cm³/mol. The van der Waals surface area contributed by atoms with Gasteiger partial charge in [-0.3, -0.25) is 4.79 Å². The van der Waals surface area contributed by atoms with Crippen LogP contribution >= 0.6 is 0 Å². The van der Waals surface area contributed by atoms with Crippen molar-refractivity contribution in [2.75, 3.05) is 7.11 Å². The average Bonchev–Trinajstić information content (AvgIpc) is 2.49. The molecule has 0 bridgehead atoms. The molecule has 0 atom stereocenters. The summed E-state index contributed by atoms with van der Waals surface area (Å²) in [6.45, 7) is 0. The molecule has 0 aliphatic carbocycles. The zero-order chi connectivity index (χ0) is 14.2. The number of benzene rings is 2. The predicted octanol–water partition coefficient (Wildman–Crippen LogP) is 3.70. The van der Waals surface area contributed by atoms with Crippen LogP contribution in [0.15, 0.2) is 60.7 Å². The minimum Gasteiger partial charge on any atom is -0.497 e. The maximum atomic E-state index is 11.7. The van der Waals surface area contributed by atoms with Gasteiger partial charge in [0.15, 0.2) is 0 Å². The average molecular weight is 268 g/mol. The van der Waals surface area contributed by atoms with E-state index < -0.39 is 0 Å². The second kappa shape index (κ2) is 7.14. The van der Waals surface area contributed by atoms with Crippen molar-refractivity contribution in [3.8, 4) is 11.5 Å². The first-order valence-electron chi connectivity index (χ1n) is 6.34. The molecule has 0 aliphatic rings. The summed E-state index contributed by atoms with van der Waals surface area (Å²) in [6.07, 6.45) is 3.93. The van der Waals surface area contributed by atoms with Crippen LogP contribution in [-0.2, 0) is 4.79 Å². The van der Waals surface area contributed by atoms with E-state index in [-0.39, 0.29) is 12.4 Å². The molecule has 0 heterocycles. The van der Waals surface area contributed by atoms with Gasteiger partial charge in [0.05, 0.1) is 13.5 Å². The van der Waals surface area contributed by atoms with E-state index in [1.807, 2.05) is 36.4 Å². The van der Waals surface area contributed by atoms with E-state index in [9.17, 15) is 4.79 Å². The summed E-state index contributed by atoms with van der Waals surface area (Å²) < 4.78 is 10.2. The molecule has 0 fully saturated rings. The van der Waals surface area contributed by atoms with Crippen molar-refractivity contribution < 1.29 is 14.3 Å². The van der Waals surface area contributed by atoms with E-state index in [0.717, 1.165) is 11.3 Å². The van der Waals surface area contributed by atoms with Crippen molar-refractivity contribution in [3.63, 3.8) is 0 Å². The molecule has 2 rings (SSSR count). The van der Waals surface area contributed by atoms with Crippen molar-refractivity contribution in [1.29, 1.82) is 0 Å². The van der Waals surface area contributed by atoms with E-state index in [2.05, 4.69) is 0 Å². The van der Waals surface area contributed by atoms with Crippen molar-refractivity contribution in [2.45, 2.75) is 6.42 Å². The van der Waals surface area contributed by atoms with Gasteiger partial charge in [0.1, 0.15) is 11.5 Å². The molecule has 0 unspecified atom stereocenters. The Morgan fingerprint density at radius 1 is 1.00 bits per heavy atom. The highest BCUT2D eigenvalue weighted by molar-refractivity contribution is 5.75. The lowest BCUT2D eigenvalue weighted by molar-refractivity contribution is -0.133. The van der Waals surface area contributed by atoms with Crippen LogP contribution < -0.4 is 9.47 Å². The van der Waals surface area contributed by atoms with Gasteiger partial charge in [-0.1, -0.05) is 42.5 Å². The number of carbonyl (C=O) groups is 1. The highest BCUT2D eigenvalue weighted by atomic mass is 16.5. The van der Waals surface area contributed by atoms with E-state index in [0.29, 0.717) is 5.75 Å². The van der Waals surface area contributed by atoms with Crippen LogP contribution in [0.3, 0.4) is 0 Å². The first-order valence-corrected chi connectivity index (χ1v) is 6.34.